The summed E-state index contributed by atoms with van der Waals surface area (Å²) in [6.07, 6.45) is 0.681. The molecular weight excluding hydrogens is 385 g/mol. The van der Waals surface area contributed by atoms with Gasteiger partial charge in [0.15, 0.2) is 0 Å². The number of amides is 1. The zero-order chi connectivity index (χ0) is 21.5. The van der Waals surface area contributed by atoms with Crippen LogP contribution in [0.5, 0.6) is 0 Å². The minimum Gasteiger partial charge on any atom is -0.375 e. The second-order valence-corrected chi connectivity index (χ2v) is 6.78. The van der Waals surface area contributed by atoms with Crippen molar-refractivity contribution >= 4 is 17.3 Å². The van der Waals surface area contributed by atoms with E-state index in [1.807, 2.05) is 37.3 Å². The lowest BCUT2D eigenvalue weighted by atomic mass is 10.0. The molecule has 3 aromatic carbocycles. The zero-order valence-corrected chi connectivity index (χ0v) is 16.5. The molecule has 3 aromatic rings. The topological polar surface area (TPSA) is 84.3 Å². The summed E-state index contributed by atoms with van der Waals surface area (Å²) in [6, 6.07) is 19.8. The number of carbonyl (C=O) groups excluding carboxylic acids is 1. The standard InChI is InChI=1S/C23H22FN3O3/c1-2-20(16-8-4-3-5-9-16)26-23(28)17-12-13-21(22(14-17)27(29)30)25-15-18-10-6-7-11-19(18)24/h3-14,20,25H,2,15H2,1H3,(H,26,28). The van der Waals surface area contributed by atoms with E-state index in [-0.39, 0.29) is 29.5 Å². The Balaban J connectivity index is 1.77. The van der Waals surface area contributed by atoms with E-state index in [2.05, 4.69) is 10.6 Å². The lowest BCUT2D eigenvalue weighted by Crippen LogP contribution is -2.28. The van der Waals surface area contributed by atoms with Crippen LogP contribution in [-0.2, 0) is 6.54 Å². The second-order valence-electron chi connectivity index (χ2n) is 6.78. The molecule has 0 saturated carbocycles. The smallest absolute Gasteiger partial charge is 0.293 e. The fourth-order valence-corrected chi connectivity index (χ4v) is 3.15. The van der Waals surface area contributed by atoms with Gasteiger partial charge in [0, 0.05) is 23.7 Å². The monoisotopic (exact) mass is 407 g/mol. The van der Waals surface area contributed by atoms with Crippen LogP contribution in [0.4, 0.5) is 15.8 Å². The van der Waals surface area contributed by atoms with Crippen LogP contribution in [0.2, 0.25) is 0 Å². The summed E-state index contributed by atoms with van der Waals surface area (Å²) in [4.78, 5) is 23.7. The molecule has 1 atom stereocenters. The Bertz CT molecular complexity index is 1040. The molecule has 0 bridgehead atoms. The first kappa shape index (κ1) is 21.0. The van der Waals surface area contributed by atoms with Crippen molar-refractivity contribution in [3.8, 4) is 0 Å². The summed E-state index contributed by atoms with van der Waals surface area (Å²) in [6.45, 7) is 2.04. The Hall–Kier alpha value is -3.74. The van der Waals surface area contributed by atoms with Crippen molar-refractivity contribution in [3.63, 3.8) is 0 Å². The number of carbonyl (C=O) groups is 1. The van der Waals surface area contributed by atoms with E-state index in [9.17, 15) is 19.3 Å². The van der Waals surface area contributed by atoms with E-state index in [4.69, 9.17) is 0 Å². The lowest BCUT2D eigenvalue weighted by molar-refractivity contribution is -0.384. The lowest BCUT2D eigenvalue weighted by Gasteiger charge is -2.17. The highest BCUT2D eigenvalue weighted by Gasteiger charge is 2.20. The number of nitro benzene ring substituents is 1. The van der Waals surface area contributed by atoms with Gasteiger partial charge in [-0.15, -0.1) is 0 Å². The predicted molar refractivity (Wildman–Crippen MR) is 114 cm³/mol. The van der Waals surface area contributed by atoms with E-state index in [0.717, 1.165) is 5.56 Å². The highest BCUT2D eigenvalue weighted by atomic mass is 19.1. The van der Waals surface area contributed by atoms with Crippen molar-refractivity contribution in [2.24, 2.45) is 0 Å². The number of nitrogens with zero attached hydrogens (tertiary/aromatic N) is 1. The number of benzene rings is 3. The van der Waals surface area contributed by atoms with Gasteiger partial charge in [0.25, 0.3) is 11.6 Å². The maximum Gasteiger partial charge on any atom is 0.293 e. The summed E-state index contributed by atoms with van der Waals surface area (Å²) in [5, 5.41) is 17.3. The molecule has 0 spiro atoms. The van der Waals surface area contributed by atoms with Crippen molar-refractivity contribution in [1.82, 2.24) is 5.32 Å². The molecule has 0 radical (unpaired) electrons. The molecule has 3 rings (SSSR count). The van der Waals surface area contributed by atoms with Crippen molar-refractivity contribution in [1.29, 1.82) is 0 Å². The molecule has 1 amide bonds. The van der Waals surface area contributed by atoms with Crippen molar-refractivity contribution in [2.75, 3.05) is 5.32 Å². The molecule has 0 fully saturated rings. The summed E-state index contributed by atoms with van der Waals surface area (Å²) >= 11 is 0. The first-order valence-corrected chi connectivity index (χ1v) is 9.61. The molecule has 6 nitrogen and oxygen atoms in total. The molecule has 1 unspecified atom stereocenters. The maximum absolute atomic E-state index is 13.8. The van der Waals surface area contributed by atoms with Gasteiger partial charge in [-0.05, 0) is 30.2 Å². The quantitative estimate of drug-likeness (QED) is 0.396. The van der Waals surface area contributed by atoms with Crippen LogP contribution in [0.25, 0.3) is 0 Å². The molecule has 0 aliphatic rings. The Morgan fingerprint density at radius 1 is 1.07 bits per heavy atom. The third-order valence-electron chi connectivity index (χ3n) is 4.80. The Morgan fingerprint density at radius 3 is 2.43 bits per heavy atom. The highest BCUT2D eigenvalue weighted by molar-refractivity contribution is 5.96. The van der Waals surface area contributed by atoms with E-state index < -0.39 is 16.6 Å². The molecular formula is C23H22FN3O3. The fourth-order valence-electron chi connectivity index (χ4n) is 3.15. The van der Waals surface area contributed by atoms with Crippen LogP contribution in [0.3, 0.4) is 0 Å². The fraction of sp³-hybridized carbons (Fsp3) is 0.174. The number of rotatable bonds is 8. The first-order chi connectivity index (χ1) is 14.5. The highest BCUT2D eigenvalue weighted by Crippen LogP contribution is 2.27. The number of nitrogens with one attached hydrogen (secondary N) is 2. The second kappa shape index (κ2) is 9.65. The third-order valence-corrected chi connectivity index (χ3v) is 4.80. The molecule has 30 heavy (non-hydrogen) atoms. The number of anilines is 1. The van der Waals surface area contributed by atoms with Crippen LogP contribution in [0.15, 0.2) is 72.8 Å². The molecule has 2 N–H and O–H groups in total. The third kappa shape index (κ3) is 5.00. The van der Waals surface area contributed by atoms with E-state index >= 15 is 0 Å². The molecule has 0 aliphatic carbocycles. The Labute approximate surface area is 173 Å². The summed E-state index contributed by atoms with van der Waals surface area (Å²) in [5.74, 6) is -0.787. The predicted octanol–water partition coefficient (Wildman–Crippen LogP) is 5.23. The molecule has 0 saturated heterocycles. The maximum atomic E-state index is 13.8. The van der Waals surface area contributed by atoms with Gasteiger partial charge in [-0.3, -0.25) is 14.9 Å². The number of hydrogen-bond donors (Lipinski definition) is 2. The molecule has 7 heteroatoms. The van der Waals surface area contributed by atoms with Gasteiger partial charge in [-0.1, -0.05) is 55.5 Å². The van der Waals surface area contributed by atoms with Gasteiger partial charge in [0.1, 0.15) is 11.5 Å². The normalized spacial score (nSPS) is 11.5. The minimum atomic E-state index is -0.561. The summed E-state index contributed by atoms with van der Waals surface area (Å²) < 4.78 is 13.8. The van der Waals surface area contributed by atoms with Crippen LogP contribution >= 0.6 is 0 Å². The Morgan fingerprint density at radius 2 is 1.77 bits per heavy atom. The summed E-state index contributed by atoms with van der Waals surface area (Å²) in [7, 11) is 0. The van der Waals surface area contributed by atoms with Gasteiger partial charge in [0.05, 0.1) is 11.0 Å². The number of hydrogen-bond acceptors (Lipinski definition) is 4. The SMILES string of the molecule is CCC(NC(=O)c1ccc(NCc2ccccc2F)c([N+](=O)[O-])c1)c1ccccc1. The van der Waals surface area contributed by atoms with Crippen molar-refractivity contribution in [2.45, 2.75) is 25.9 Å². The van der Waals surface area contributed by atoms with Crippen LogP contribution in [-0.4, -0.2) is 10.8 Å². The van der Waals surface area contributed by atoms with Gasteiger partial charge < -0.3 is 10.6 Å². The average molecular weight is 407 g/mol. The van der Waals surface area contributed by atoms with Crippen molar-refractivity contribution < 1.29 is 14.1 Å². The Kier molecular flexibility index (Phi) is 6.75. The van der Waals surface area contributed by atoms with E-state index in [1.54, 1.807) is 18.2 Å². The summed E-state index contributed by atoms with van der Waals surface area (Å²) in [5.41, 5.74) is 1.52. The van der Waals surface area contributed by atoms with Crippen molar-refractivity contribution in [3.05, 3.63) is 105 Å². The zero-order valence-electron chi connectivity index (χ0n) is 16.5. The molecule has 0 aromatic heterocycles. The van der Waals surface area contributed by atoms with Gasteiger partial charge in [0.2, 0.25) is 0 Å². The number of nitro groups is 1. The van der Waals surface area contributed by atoms with Gasteiger partial charge >= 0.3 is 0 Å². The largest absolute Gasteiger partial charge is 0.375 e. The van der Waals surface area contributed by atoms with Crippen LogP contribution in [0, 0.1) is 15.9 Å². The van der Waals surface area contributed by atoms with E-state index in [1.165, 1.54) is 24.3 Å². The molecule has 0 aliphatic heterocycles. The number of halogens is 1. The van der Waals surface area contributed by atoms with E-state index in [0.29, 0.717) is 12.0 Å². The molecule has 154 valence electrons. The van der Waals surface area contributed by atoms with Gasteiger partial charge in [-0.25, -0.2) is 4.39 Å². The van der Waals surface area contributed by atoms with Crippen LogP contribution in [0.1, 0.15) is 40.9 Å². The average Bonchev–Trinajstić information content (AvgIpc) is 2.77. The minimum absolute atomic E-state index is 0.0883. The first-order valence-electron chi connectivity index (χ1n) is 9.61. The van der Waals surface area contributed by atoms with Crippen LogP contribution < -0.4 is 10.6 Å². The van der Waals surface area contributed by atoms with Gasteiger partial charge in [-0.2, -0.15) is 0 Å². The molecule has 0 heterocycles.